The summed E-state index contributed by atoms with van der Waals surface area (Å²) in [6.07, 6.45) is 4.32. The van der Waals surface area contributed by atoms with Gasteiger partial charge in [0.15, 0.2) is 17.5 Å². The number of rotatable bonds is 5. The molecule has 3 rings (SSSR count). The van der Waals surface area contributed by atoms with Crippen LogP contribution in [0.25, 0.3) is 0 Å². The van der Waals surface area contributed by atoms with Crippen LogP contribution in [-0.2, 0) is 14.8 Å². The van der Waals surface area contributed by atoms with Gasteiger partial charge in [-0.3, -0.25) is 4.79 Å². The van der Waals surface area contributed by atoms with Crippen LogP contribution in [0.4, 0.5) is 13.2 Å². The first-order chi connectivity index (χ1) is 11.8. The van der Waals surface area contributed by atoms with Gasteiger partial charge < -0.3 is 4.90 Å². The lowest BCUT2D eigenvalue weighted by atomic mass is 10.1. The Morgan fingerprint density at radius 3 is 2.48 bits per heavy atom. The monoisotopic (exact) mass is 376 g/mol. The number of likely N-dealkylation sites (tertiary alicyclic amines) is 1. The quantitative estimate of drug-likeness (QED) is 0.801. The van der Waals surface area contributed by atoms with Gasteiger partial charge in [-0.25, -0.2) is 26.3 Å². The van der Waals surface area contributed by atoms with Gasteiger partial charge >= 0.3 is 0 Å². The molecule has 1 heterocycles. The zero-order valence-electron chi connectivity index (χ0n) is 13.5. The maximum absolute atomic E-state index is 13.7. The Morgan fingerprint density at radius 1 is 1.12 bits per heavy atom. The summed E-state index contributed by atoms with van der Waals surface area (Å²) in [5.41, 5.74) is 0. The van der Waals surface area contributed by atoms with Gasteiger partial charge in [0.1, 0.15) is 4.90 Å². The third kappa shape index (κ3) is 3.67. The van der Waals surface area contributed by atoms with Gasteiger partial charge in [0.25, 0.3) is 0 Å². The lowest BCUT2D eigenvalue weighted by Crippen LogP contribution is -2.36. The number of hydrogen-bond donors (Lipinski definition) is 1. The summed E-state index contributed by atoms with van der Waals surface area (Å²) >= 11 is 0. The van der Waals surface area contributed by atoms with E-state index in [2.05, 4.69) is 4.72 Å². The zero-order valence-corrected chi connectivity index (χ0v) is 14.3. The highest BCUT2D eigenvalue weighted by atomic mass is 32.2. The smallest absolute Gasteiger partial charge is 0.243 e. The Hall–Kier alpha value is -1.61. The molecule has 138 valence electrons. The van der Waals surface area contributed by atoms with Crippen molar-refractivity contribution in [3.8, 4) is 0 Å². The molecule has 1 saturated carbocycles. The minimum atomic E-state index is -4.33. The number of amides is 1. The second-order valence-corrected chi connectivity index (χ2v) is 8.32. The third-order valence-corrected chi connectivity index (χ3v) is 6.30. The average Bonchev–Trinajstić information content (AvgIpc) is 3.20. The summed E-state index contributed by atoms with van der Waals surface area (Å²) < 4.78 is 66.4. The predicted molar refractivity (Wildman–Crippen MR) is 83.6 cm³/mol. The molecule has 0 radical (unpaired) electrons. The van der Waals surface area contributed by atoms with E-state index in [1.807, 2.05) is 0 Å². The van der Waals surface area contributed by atoms with Gasteiger partial charge in [-0.1, -0.05) is 12.8 Å². The molecule has 1 aliphatic carbocycles. The number of hydrogen-bond acceptors (Lipinski definition) is 3. The van der Waals surface area contributed by atoms with E-state index in [1.54, 1.807) is 4.90 Å². The van der Waals surface area contributed by atoms with Crippen LogP contribution < -0.4 is 4.72 Å². The molecule has 1 N–H and O–H groups in total. The van der Waals surface area contributed by atoms with E-state index in [0.717, 1.165) is 25.7 Å². The number of sulfonamides is 1. The minimum Gasteiger partial charge on any atom is -0.339 e. The molecule has 1 aromatic rings. The Kier molecular flexibility index (Phi) is 5.06. The van der Waals surface area contributed by atoms with Crippen molar-refractivity contribution in [3.63, 3.8) is 0 Å². The molecule has 1 unspecified atom stereocenters. The highest BCUT2D eigenvalue weighted by Crippen LogP contribution is 2.29. The topological polar surface area (TPSA) is 66.5 Å². The van der Waals surface area contributed by atoms with Gasteiger partial charge in [0, 0.05) is 25.6 Å². The van der Waals surface area contributed by atoms with E-state index >= 15 is 0 Å². The van der Waals surface area contributed by atoms with Crippen molar-refractivity contribution in [3.05, 3.63) is 29.6 Å². The van der Waals surface area contributed by atoms with Gasteiger partial charge in [-0.2, -0.15) is 0 Å². The highest BCUT2D eigenvalue weighted by Gasteiger charge is 2.36. The number of nitrogens with zero attached hydrogens (tertiary/aromatic N) is 1. The molecule has 1 saturated heterocycles. The number of benzene rings is 1. The fourth-order valence-corrected chi connectivity index (χ4v) is 4.72. The maximum atomic E-state index is 13.7. The van der Waals surface area contributed by atoms with E-state index in [1.165, 1.54) is 0 Å². The van der Waals surface area contributed by atoms with E-state index in [9.17, 15) is 26.4 Å². The van der Waals surface area contributed by atoms with E-state index < -0.39 is 32.4 Å². The SMILES string of the molecule is O=C1CC(CNS(=O)(=O)c2ccc(F)c(F)c2F)CN1C1CCCC1. The number of halogens is 3. The van der Waals surface area contributed by atoms with Gasteiger partial charge in [-0.05, 0) is 30.9 Å². The Bertz CT molecular complexity index is 779. The van der Waals surface area contributed by atoms with Crippen molar-refractivity contribution in [1.29, 1.82) is 0 Å². The van der Waals surface area contributed by atoms with Crippen molar-refractivity contribution >= 4 is 15.9 Å². The molecule has 9 heteroatoms. The van der Waals surface area contributed by atoms with Gasteiger partial charge in [0.05, 0.1) is 0 Å². The van der Waals surface area contributed by atoms with Crippen LogP contribution >= 0.6 is 0 Å². The molecular weight excluding hydrogens is 357 g/mol. The lowest BCUT2D eigenvalue weighted by molar-refractivity contribution is -0.129. The van der Waals surface area contributed by atoms with E-state index in [-0.39, 0.29) is 30.8 Å². The predicted octanol–water partition coefficient (Wildman–Crippen LogP) is 2.17. The molecule has 1 aliphatic heterocycles. The molecule has 2 aliphatic rings. The molecule has 2 fully saturated rings. The average molecular weight is 376 g/mol. The Morgan fingerprint density at radius 2 is 1.80 bits per heavy atom. The first-order valence-electron chi connectivity index (χ1n) is 8.22. The van der Waals surface area contributed by atoms with Crippen molar-refractivity contribution in [1.82, 2.24) is 9.62 Å². The molecule has 1 atom stereocenters. The molecule has 5 nitrogen and oxygen atoms in total. The summed E-state index contributed by atoms with van der Waals surface area (Å²) in [7, 11) is -4.33. The normalized spacial score (nSPS) is 22.1. The molecule has 1 aromatic carbocycles. The summed E-state index contributed by atoms with van der Waals surface area (Å²) in [6.45, 7) is 0.391. The minimum absolute atomic E-state index is 0.00453. The second-order valence-electron chi connectivity index (χ2n) is 6.58. The summed E-state index contributed by atoms with van der Waals surface area (Å²) in [5, 5.41) is 0. The van der Waals surface area contributed by atoms with Gasteiger partial charge in [0.2, 0.25) is 15.9 Å². The summed E-state index contributed by atoms with van der Waals surface area (Å²) in [6, 6.07) is 1.46. The molecular formula is C16H19F3N2O3S. The first-order valence-corrected chi connectivity index (χ1v) is 9.70. The molecule has 0 aromatic heterocycles. The third-order valence-electron chi connectivity index (χ3n) is 4.86. The largest absolute Gasteiger partial charge is 0.339 e. The molecule has 0 spiro atoms. The van der Waals surface area contributed by atoms with Crippen LogP contribution in [-0.4, -0.2) is 38.4 Å². The van der Waals surface area contributed by atoms with Crippen LogP contribution in [0.2, 0.25) is 0 Å². The summed E-state index contributed by atoms with van der Waals surface area (Å²) in [5.74, 6) is -5.26. The van der Waals surface area contributed by atoms with Gasteiger partial charge in [-0.15, -0.1) is 0 Å². The van der Waals surface area contributed by atoms with Crippen LogP contribution in [0.3, 0.4) is 0 Å². The fraction of sp³-hybridized carbons (Fsp3) is 0.562. The van der Waals surface area contributed by atoms with Crippen LogP contribution in [0.1, 0.15) is 32.1 Å². The highest BCUT2D eigenvalue weighted by molar-refractivity contribution is 7.89. The van der Waals surface area contributed by atoms with Crippen LogP contribution in [0.5, 0.6) is 0 Å². The number of carbonyl (C=O) groups excluding carboxylic acids is 1. The molecule has 1 amide bonds. The van der Waals surface area contributed by atoms with Crippen molar-refractivity contribution in [2.45, 2.75) is 43.0 Å². The lowest BCUT2D eigenvalue weighted by Gasteiger charge is -2.24. The second kappa shape index (κ2) is 6.95. The fourth-order valence-electron chi connectivity index (χ4n) is 3.54. The maximum Gasteiger partial charge on any atom is 0.243 e. The number of nitrogens with one attached hydrogen (secondary N) is 1. The van der Waals surface area contributed by atoms with Crippen molar-refractivity contribution in [2.75, 3.05) is 13.1 Å². The van der Waals surface area contributed by atoms with Crippen LogP contribution in [0, 0.1) is 23.4 Å². The molecule has 0 bridgehead atoms. The van der Waals surface area contributed by atoms with E-state index in [0.29, 0.717) is 18.7 Å². The standard InChI is InChI=1S/C16H19F3N2O3S/c17-12-5-6-13(16(19)15(12)18)25(23,24)20-8-10-7-14(22)21(9-10)11-3-1-2-4-11/h5-6,10-11,20H,1-4,7-9H2. The van der Waals surface area contributed by atoms with Crippen molar-refractivity contribution < 1.29 is 26.4 Å². The first kappa shape index (κ1) is 18.2. The number of carbonyl (C=O) groups is 1. The Labute approximate surface area is 144 Å². The Balaban J connectivity index is 1.65. The van der Waals surface area contributed by atoms with E-state index in [4.69, 9.17) is 0 Å². The zero-order chi connectivity index (χ0) is 18.2. The molecule has 25 heavy (non-hydrogen) atoms. The van der Waals surface area contributed by atoms with Crippen molar-refractivity contribution in [2.24, 2.45) is 5.92 Å². The van der Waals surface area contributed by atoms with Crippen LogP contribution in [0.15, 0.2) is 17.0 Å². The summed E-state index contributed by atoms with van der Waals surface area (Å²) in [4.78, 5) is 13.0.